The fraction of sp³-hybridized carbons (Fsp3) is 0.750. The molecule has 2 heterocycles. The molecule has 1 aliphatic heterocycles. The van der Waals surface area contributed by atoms with Gasteiger partial charge in [-0.1, -0.05) is 13.3 Å². The van der Waals surface area contributed by atoms with Crippen molar-refractivity contribution in [3.05, 3.63) is 16.6 Å². The highest BCUT2D eigenvalue weighted by atomic mass is 32.1. The first-order valence-corrected chi connectivity index (χ1v) is 7.07. The largest absolute Gasteiger partial charge is 0.310 e. The Morgan fingerprint density at radius 2 is 2.56 bits per heavy atom. The van der Waals surface area contributed by atoms with Crippen molar-refractivity contribution in [3.8, 4) is 0 Å². The molecule has 4 heteroatoms. The first-order chi connectivity index (χ1) is 7.85. The summed E-state index contributed by atoms with van der Waals surface area (Å²) < 4.78 is 0. The molecule has 0 spiro atoms. The Labute approximate surface area is 102 Å². The predicted octanol–water partition coefficient (Wildman–Crippen LogP) is 2.16. The highest BCUT2D eigenvalue weighted by molar-refractivity contribution is 7.09. The Kier molecular flexibility index (Phi) is 4.32. The monoisotopic (exact) mass is 239 g/mol. The van der Waals surface area contributed by atoms with E-state index in [1.807, 2.05) is 11.6 Å². The summed E-state index contributed by atoms with van der Waals surface area (Å²) in [6.07, 6.45) is 7.03. The van der Waals surface area contributed by atoms with E-state index >= 15 is 0 Å². The molecule has 0 aromatic carbocycles. The molecule has 0 bridgehead atoms. The highest BCUT2D eigenvalue weighted by Crippen LogP contribution is 2.23. The van der Waals surface area contributed by atoms with Gasteiger partial charge in [0.05, 0.1) is 0 Å². The van der Waals surface area contributed by atoms with Crippen molar-refractivity contribution in [1.82, 2.24) is 15.6 Å². The van der Waals surface area contributed by atoms with Crippen LogP contribution in [0.5, 0.6) is 0 Å². The maximum absolute atomic E-state index is 4.28. The van der Waals surface area contributed by atoms with Crippen LogP contribution in [0.3, 0.4) is 0 Å². The fourth-order valence-electron chi connectivity index (χ4n) is 2.55. The Morgan fingerprint density at radius 1 is 1.62 bits per heavy atom. The molecular weight excluding hydrogens is 218 g/mol. The van der Waals surface area contributed by atoms with Gasteiger partial charge in [-0.05, 0) is 25.8 Å². The lowest BCUT2D eigenvalue weighted by Gasteiger charge is -2.29. The number of rotatable bonds is 6. The second-order valence-corrected chi connectivity index (χ2v) is 5.57. The van der Waals surface area contributed by atoms with Gasteiger partial charge in [0.2, 0.25) is 0 Å². The fourth-order valence-corrected chi connectivity index (χ4v) is 3.13. The third-order valence-electron chi connectivity index (χ3n) is 3.28. The van der Waals surface area contributed by atoms with E-state index in [1.54, 1.807) is 11.3 Å². The molecular formula is C12H21N3S. The van der Waals surface area contributed by atoms with Gasteiger partial charge in [-0.2, -0.15) is 0 Å². The van der Waals surface area contributed by atoms with Crippen LogP contribution in [0.2, 0.25) is 0 Å². The van der Waals surface area contributed by atoms with Crippen LogP contribution in [0.25, 0.3) is 0 Å². The van der Waals surface area contributed by atoms with Gasteiger partial charge in [-0.3, -0.25) is 0 Å². The molecule has 2 N–H and O–H groups in total. The minimum absolute atomic E-state index is 0.353. The Bertz CT molecular complexity index is 291. The molecule has 0 radical (unpaired) electrons. The van der Waals surface area contributed by atoms with Crippen LogP contribution in [0, 0.1) is 0 Å². The first-order valence-electron chi connectivity index (χ1n) is 6.19. The van der Waals surface area contributed by atoms with Gasteiger partial charge in [0.15, 0.2) is 0 Å². The van der Waals surface area contributed by atoms with Crippen LogP contribution < -0.4 is 10.6 Å². The molecule has 3 nitrogen and oxygen atoms in total. The smallest absolute Gasteiger partial charge is 0.106 e. The lowest BCUT2D eigenvalue weighted by atomic mass is 9.92. The highest BCUT2D eigenvalue weighted by Gasteiger charge is 2.31. The van der Waals surface area contributed by atoms with Crippen molar-refractivity contribution in [1.29, 1.82) is 0 Å². The summed E-state index contributed by atoms with van der Waals surface area (Å²) in [6.45, 7) is 5.42. The second kappa shape index (κ2) is 5.75. The van der Waals surface area contributed by atoms with E-state index in [9.17, 15) is 0 Å². The standard InChI is InChI=1S/C12H21N3S/c1-2-4-12(5-3-6-15-12)10-13-9-11-14-7-8-16-11/h7-8,13,15H,2-6,9-10H2,1H3. The molecule has 0 aliphatic carbocycles. The number of thiazole rings is 1. The molecule has 2 rings (SSSR count). The second-order valence-electron chi connectivity index (χ2n) is 4.59. The van der Waals surface area contributed by atoms with Gasteiger partial charge < -0.3 is 10.6 Å². The minimum atomic E-state index is 0.353. The van der Waals surface area contributed by atoms with Crippen LogP contribution >= 0.6 is 11.3 Å². The molecule has 1 fully saturated rings. The van der Waals surface area contributed by atoms with Crippen molar-refractivity contribution >= 4 is 11.3 Å². The van der Waals surface area contributed by atoms with Gasteiger partial charge in [-0.25, -0.2) is 4.98 Å². The van der Waals surface area contributed by atoms with Crippen molar-refractivity contribution in [2.24, 2.45) is 0 Å². The Hall–Kier alpha value is -0.450. The lowest BCUT2D eigenvalue weighted by molar-refractivity contribution is 0.324. The molecule has 16 heavy (non-hydrogen) atoms. The number of nitrogens with one attached hydrogen (secondary N) is 2. The van der Waals surface area contributed by atoms with Crippen LogP contribution in [0.15, 0.2) is 11.6 Å². The van der Waals surface area contributed by atoms with Gasteiger partial charge in [0.1, 0.15) is 5.01 Å². The number of hydrogen-bond acceptors (Lipinski definition) is 4. The average molecular weight is 239 g/mol. The molecule has 1 aromatic heterocycles. The summed E-state index contributed by atoms with van der Waals surface area (Å²) in [7, 11) is 0. The van der Waals surface area contributed by atoms with E-state index in [4.69, 9.17) is 0 Å². The topological polar surface area (TPSA) is 37.0 Å². The zero-order chi connectivity index (χ0) is 11.3. The summed E-state index contributed by atoms with van der Waals surface area (Å²) in [5.74, 6) is 0. The Morgan fingerprint density at radius 3 is 3.19 bits per heavy atom. The molecule has 1 atom stereocenters. The molecule has 90 valence electrons. The third kappa shape index (κ3) is 3.03. The van der Waals surface area contributed by atoms with Crippen molar-refractivity contribution in [2.75, 3.05) is 13.1 Å². The van der Waals surface area contributed by atoms with Gasteiger partial charge in [0, 0.05) is 30.2 Å². The van der Waals surface area contributed by atoms with E-state index in [-0.39, 0.29) is 0 Å². The molecule has 1 aliphatic rings. The SMILES string of the molecule is CCCC1(CNCc2nccs2)CCCN1. The van der Waals surface area contributed by atoms with Gasteiger partial charge >= 0.3 is 0 Å². The number of aromatic nitrogens is 1. The molecule has 1 unspecified atom stereocenters. The third-order valence-corrected chi connectivity index (χ3v) is 4.06. The van der Waals surface area contributed by atoms with Crippen molar-refractivity contribution < 1.29 is 0 Å². The summed E-state index contributed by atoms with van der Waals surface area (Å²) in [5.41, 5.74) is 0.353. The summed E-state index contributed by atoms with van der Waals surface area (Å²) >= 11 is 1.72. The summed E-state index contributed by atoms with van der Waals surface area (Å²) in [4.78, 5) is 4.28. The normalized spacial score (nSPS) is 25.1. The number of nitrogens with zero attached hydrogens (tertiary/aromatic N) is 1. The van der Waals surface area contributed by atoms with Crippen LogP contribution in [-0.4, -0.2) is 23.6 Å². The predicted molar refractivity (Wildman–Crippen MR) is 68.7 cm³/mol. The van der Waals surface area contributed by atoms with Crippen LogP contribution in [-0.2, 0) is 6.54 Å². The minimum Gasteiger partial charge on any atom is -0.310 e. The maximum atomic E-state index is 4.28. The molecule has 1 aromatic rings. The quantitative estimate of drug-likeness (QED) is 0.799. The number of hydrogen-bond donors (Lipinski definition) is 2. The summed E-state index contributed by atoms with van der Waals surface area (Å²) in [6, 6.07) is 0. The zero-order valence-electron chi connectivity index (χ0n) is 9.96. The van der Waals surface area contributed by atoms with E-state index < -0.39 is 0 Å². The Balaban J connectivity index is 1.78. The average Bonchev–Trinajstić information content (AvgIpc) is 2.90. The van der Waals surface area contributed by atoms with Crippen molar-refractivity contribution in [2.45, 2.75) is 44.7 Å². The van der Waals surface area contributed by atoms with E-state index in [1.165, 1.54) is 37.2 Å². The van der Waals surface area contributed by atoms with Crippen LogP contribution in [0.4, 0.5) is 0 Å². The van der Waals surface area contributed by atoms with Crippen LogP contribution in [0.1, 0.15) is 37.6 Å². The van der Waals surface area contributed by atoms with Crippen molar-refractivity contribution in [3.63, 3.8) is 0 Å². The molecule has 0 saturated carbocycles. The maximum Gasteiger partial charge on any atom is 0.106 e. The lowest BCUT2D eigenvalue weighted by Crippen LogP contribution is -2.48. The first kappa shape index (κ1) is 12.0. The molecule has 1 saturated heterocycles. The van der Waals surface area contributed by atoms with E-state index in [0.29, 0.717) is 5.54 Å². The van der Waals surface area contributed by atoms with Gasteiger partial charge in [-0.15, -0.1) is 11.3 Å². The molecule has 0 amide bonds. The zero-order valence-corrected chi connectivity index (χ0v) is 10.8. The summed E-state index contributed by atoms with van der Waals surface area (Å²) in [5, 5.41) is 10.4. The van der Waals surface area contributed by atoms with E-state index in [2.05, 4.69) is 22.5 Å². The van der Waals surface area contributed by atoms with Gasteiger partial charge in [0.25, 0.3) is 0 Å². The van der Waals surface area contributed by atoms with E-state index in [0.717, 1.165) is 13.1 Å².